The molecule has 0 aliphatic heterocycles. The zero-order valence-electron chi connectivity index (χ0n) is 13.2. The second kappa shape index (κ2) is 7.24. The zero-order chi connectivity index (χ0) is 15.2. The predicted molar refractivity (Wildman–Crippen MR) is 83.1 cm³/mol. The van der Waals surface area contributed by atoms with E-state index in [1.54, 1.807) is 18.3 Å². The highest BCUT2D eigenvalue weighted by Crippen LogP contribution is 2.16. The maximum Gasteiger partial charge on any atom is 0.255 e. The number of nitrogens with one attached hydrogen (secondary N) is 2. The number of hydrogen-bond acceptors (Lipinski definition) is 4. The first kappa shape index (κ1) is 16.4. The molecule has 1 amide bonds. The van der Waals surface area contributed by atoms with Gasteiger partial charge < -0.3 is 15.5 Å². The van der Waals surface area contributed by atoms with Gasteiger partial charge in [-0.3, -0.25) is 4.79 Å². The van der Waals surface area contributed by atoms with Crippen molar-refractivity contribution >= 4 is 11.7 Å². The second-order valence-electron chi connectivity index (χ2n) is 6.01. The van der Waals surface area contributed by atoms with Gasteiger partial charge in [-0.05, 0) is 38.6 Å². The van der Waals surface area contributed by atoms with Crippen molar-refractivity contribution in [2.75, 3.05) is 39.0 Å². The van der Waals surface area contributed by atoms with Crippen LogP contribution in [0.5, 0.6) is 0 Å². The minimum absolute atomic E-state index is 0.0275. The number of carbonyl (C=O) groups excluding carboxylic acids is 1. The van der Waals surface area contributed by atoms with Crippen LogP contribution in [0.2, 0.25) is 0 Å². The molecule has 0 aromatic carbocycles. The van der Waals surface area contributed by atoms with Crippen LogP contribution >= 0.6 is 0 Å². The summed E-state index contributed by atoms with van der Waals surface area (Å²) in [5.74, 6) is 0.554. The Morgan fingerprint density at radius 2 is 2.10 bits per heavy atom. The van der Waals surface area contributed by atoms with Crippen LogP contribution in [0, 0.1) is 5.41 Å². The Labute approximate surface area is 121 Å². The summed E-state index contributed by atoms with van der Waals surface area (Å²) in [5, 5.41) is 6.10. The second-order valence-corrected chi connectivity index (χ2v) is 6.01. The molecule has 1 aromatic heterocycles. The van der Waals surface area contributed by atoms with Crippen LogP contribution < -0.4 is 10.6 Å². The molecule has 0 spiro atoms. The molecule has 0 atom stereocenters. The first-order valence-electron chi connectivity index (χ1n) is 6.97. The maximum absolute atomic E-state index is 12.3. The number of hydrogen-bond donors (Lipinski definition) is 2. The van der Waals surface area contributed by atoms with E-state index in [0.29, 0.717) is 17.9 Å². The lowest BCUT2D eigenvalue weighted by Gasteiger charge is -2.28. The smallest absolute Gasteiger partial charge is 0.255 e. The Morgan fingerprint density at radius 1 is 1.40 bits per heavy atom. The van der Waals surface area contributed by atoms with Crippen LogP contribution in [-0.2, 0) is 0 Å². The first-order chi connectivity index (χ1) is 9.35. The van der Waals surface area contributed by atoms with Crippen molar-refractivity contribution < 1.29 is 4.79 Å². The molecule has 0 saturated carbocycles. The highest BCUT2D eigenvalue weighted by atomic mass is 16.1. The van der Waals surface area contributed by atoms with Crippen molar-refractivity contribution in [3.05, 3.63) is 23.9 Å². The van der Waals surface area contributed by atoms with Gasteiger partial charge in [-0.1, -0.05) is 13.8 Å². The molecule has 0 aliphatic rings. The Morgan fingerprint density at radius 3 is 2.70 bits per heavy atom. The van der Waals surface area contributed by atoms with Gasteiger partial charge in [0.15, 0.2) is 0 Å². The largest absolute Gasteiger partial charge is 0.370 e. The van der Waals surface area contributed by atoms with E-state index in [-0.39, 0.29) is 11.3 Å². The summed E-state index contributed by atoms with van der Waals surface area (Å²) in [6, 6.07) is 3.57. The zero-order valence-corrected chi connectivity index (χ0v) is 13.2. The lowest BCUT2D eigenvalue weighted by Crippen LogP contribution is -2.40. The van der Waals surface area contributed by atoms with Crippen molar-refractivity contribution in [2.45, 2.75) is 20.8 Å². The normalized spacial score (nSPS) is 11.5. The van der Waals surface area contributed by atoms with Gasteiger partial charge in [-0.15, -0.1) is 0 Å². The molecule has 0 fully saturated rings. The Balaban J connectivity index is 2.68. The number of pyridine rings is 1. The molecular weight excluding hydrogens is 252 g/mol. The first-order valence-corrected chi connectivity index (χ1v) is 6.97. The third kappa shape index (κ3) is 5.17. The van der Waals surface area contributed by atoms with E-state index in [1.165, 1.54) is 0 Å². The van der Waals surface area contributed by atoms with Gasteiger partial charge in [-0.2, -0.15) is 0 Å². The van der Waals surface area contributed by atoms with Crippen LogP contribution in [0.4, 0.5) is 5.82 Å². The number of anilines is 1. The number of nitrogens with zero attached hydrogens (tertiary/aromatic N) is 2. The van der Waals surface area contributed by atoms with Crippen molar-refractivity contribution in [1.82, 2.24) is 15.2 Å². The van der Waals surface area contributed by atoms with Crippen LogP contribution in [-0.4, -0.2) is 49.5 Å². The molecule has 0 bridgehead atoms. The quantitative estimate of drug-likeness (QED) is 0.799. The average molecular weight is 278 g/mol. The molecule has 20 heavy (non-hydrogen) atoms. The lowest BCUT2D eigenvalue weighted by molar-refractivity contribution is 0.0929. The van der Waals surface area contributed by atoms with Gasteiger partial charge in [0.1, 0.15) is 5.82 Å². The summed E-state index contributed by atoms with van der Waals surface area (Å²) in [7, 11) is 4.07. The highest BCUT2D eigenvalue weighted by Gasteiger charge is 2.21. The summed E-state index contributed by atoms with van der Waals surface area (Å²) in [6.07, 6.45) is 1.69. The van der Waals surface area contributed by atoms with Crippen LogP contribution in [0.1, 0.15) is 31.1 Å². The third-order valence-electron chi connectivity index (χ3n) is 2.87. The minimum atomic E-state index is -0.0825. The van der Waals surface area contributed by atoms with Crippen molar-refractivity contribution in [1.29, 1.82) is 0 Å². The predicted octanol–water partition coefficient (Wildman–Crippen LogP) is 1.83. The van der Waals surface area contributed by atoms with Crippen molar-refractivity contribution in [3.8, 4) is 0 Å². The molecular formula is C15H26N4O. The van der Waals surface area contributed by atoms with Crippen LogP contribution in [0.25, 0.3) is 0 Å². The third-order valence-corrected chi connectivity index (χ3v) is 2.87. The summed E-state index contributed by atoms with van der Waals surface area (Å²) >= 11 is 0. The summed E-state index contributed by atoms with van der Waals surface area (Å²) in [5.41, 5.74) is 0.620. The Hall–Kier alpha value is -1.62. The van der Waals surface area contributed by atoms with E-state index < -0.39 is 0 Å². The average Bonchev–Trinajstić information content (AvgIpc) is 2.36. The summed E-state index contributed by atoms with van der Waals surface area (Å²) < 4.78 is 0. The fourth-order valence-corrected chi connectivity index (χ4v) is 2.22. The fourth-order valence-electron chi connectivity index (χ4n) is 2.22. The van der Waals surface area contributed by atoms with Crippen LogP contribution in [0.15, 0.2) is 18.3 Å². The number of aromatic nitrogens is 1. The van der Waals surface area contributed by atoms with E-state index in [1.807, 2.05) is 21.0 Å². The van der Waals surface area contributed by atoms with Gasteiger partial charge in [0.2, 0.25) is 0 Å². The standard InChI is InChI=1S/C15H26N4O/c1-6-16-13-12(8-7-9-17-13)14(20)18-10-15(2,3)11-19(4)5/h7-9H,6,10-11H2,1-5H3,(H,16,17)(H,18,20). The van der Waals surface area contributed by atoms with E-state index in [0.717, 1.165) is 13.1 Å². The van der Waals surface area contributed by atoms with Gasteiger partial charge in [-0.25, -0.2) is 4.98 Å². The fraction of sp³-hybridized carbons (Fsp3) is 0.600. The molecule has 0 unspecified atom stereocenters. The SMILES string of the molecule is CCNc1ncccc1C(=O)NCC(C)(C)CN(C)C. The van der Waals surface area contributed by atoms with E-state index in [9.17, 15) is 4.79 Å². The Bertz CT molecular complexity index is 443. The molecule has 0 saturated heterocycles. The molecule has 1 heterocycles. The molecule has 112 valence electrons. The van der Waals surface area contributed by atoms with E-state index in [2.05, 4.69) is 34.4 Å². The maximum atomic E-state index is 12.3. The summed E-state index contributed by atoms with van der Waals surface area (Å²) in [4.78, 5) is 18.6. The van der Waals surface area contributed by atoms with Gasteiger partial charge >= 0.3 is 0 Å². The molecule has 5 heteroatoms. The molecule has 1 rings (SSSR count). The Kier molecular flexibility index (Phi) is 5.95. The van der Waals surface area contributed by atoms with Crippen molar-refractivity contribution in [2.24, 2.45) is 5.41 Å². The van der Waals surface area contributed by atoms with E-state index >= 15 is 0 Å². The van der Waals surface area contributed by atoms with Crippen LogP contribution in [0.3, 0.4) is 0 Å². The number of rotatable bonds is 7. The molecule has 2 N–H and O–H groups in total. The molecule has 1 aromatic rings. The summed E-state index contributed by atoms with van der Waals surface area (Å²) in [6.45, 7) is 8.55. The van der Waals surface area contributed by atoms with E-state index in [4.69, 9.17) is 0 Å². The topological polar surface area (TPSA) is 57.3 Å². The molecule has 0 aliphatic carbocycles. The highest BCUT2D eigenvalue weighted by molar-refractivity contribution is 5.98. The van der Waals surface area contributed by atoms with Crippen molar-refractivity contribution in [3.63, 3.8) is 0 Å². The molecule has 0 radical (unpaired) electrons. The van der Waals surface area contributed by atoms with Gasteiger partial charge in [0, 0.05) is 25.8 Å². The monoisotopic (exact) mass is 278 g/mol. The number of amides is 1. The lowest BCUT2D eigenvalue weighted by atomic mass is 9.93. The van der Waals surface area contributed by atoms with Gasteiger partial charge in [0.05, 0.1) is 5.56 Å². The van der Waals surface area contributed by atoms with Gasteiger partial charge in [0.25, 0.3) is 5.91 Å². The molecule has 5 nitrogen and oxygen atoms in total. The number of carbonyl (C=O) groups is 1. The minimum Gasteiger partial charge on any atom is -0.370 e.